The number of halogens is 2. The van der Waals surface area contributed by atoms with Crippen LogP contribution in [0.25, 0.3) is 0 Å². The number of rotatable bonds is 3. The summed E-state index contributed by atoms with van der Waals surface area (Å²) >= 11 is 11.9. The Bertz CT molecular complexity index is 373. The van der Waals surface area contributed by atoms with Crippen molar-refractivity contribution in [1.82, 2.24) is 9.88 Å². The van der Waals surface area contributed by atoms with E-state index in [1.165, 1.54) is 0 Å². The Kier molecular flexibility index (Phi) is 4.03. The molecule has 1 aromatic rings. The van der Waals surface area contributed by atoms with Crippen LogP contribution < -0.4 is 0 Å². The van der Waals surface area contributed by atoms with Crippen molar-refractivity contribution in [2.24, 2.45) is 5.92 Å². The van der Waals surface area contributed by atoms with Crippen LogP contribution in [0, 0.1) is 5.92 Å². The summed E-state index contributed by atoms with van der Waals surface area (Å²) in [6.45, 7) is 2.97. The SMILES string of the molecule is OC[C@H]1CCN(Cc2ccnc(Cl)c2Cl)C1. The molecule has 1 aromatic heterocycles. The molecule has 1 saturated heterocycles. The van der Waals surface area contributed by atoms with Crippen LogP contribution >= 0.6 is 23.2 Å². The van der Waals surface area contributed by atoms with Gasteiger partial charge in [-0.15, -0.1) is 0 Å². The fraction of sp³-hybridized carbons (Fsp3) is 0.545. The lowest BCUT2D eigenvalue weighted by atomic mass is 10.1. The second-order valence-corrected chi connectivity index (χ2v) is 4.88. The number of pyridine rings is 1. The third-order valence-electron chi connectivity index (χ3n) is 2.95. The molecular formula is C11H14Cl2N2O. The molecule has 3 nitrogen and oxygen atoms in total. The first-order chi connectivity index (χ1) is 7.70. The number of hydrogen-bond donors (Lipinski definition) is 1. The highest BCUT2D eigenvalue weighted by Crippen LogP contribution is 2.26. The van der Waals surface area contributed by atoms with Crippen LogP contribution in [0.2, 0.25) is 10.2 Å². The molecule has 0 unspecified atom stereocenters. The van der Waals surface area contributed by atoms with Gasteiger partial charge in [-0.2, -0.15) is 0 Å². The van der Waals surface area contributed by atoms with Crippen LogP contribution in [0.3, 0.4) is 0 Å². The third-order valence-corrected chi connectivity index (χ3v) is 3.75. The summed E-state index contributed by atoms with van der Waals surface area (Å²) in [5.74, 6) is 0.399. The van der Waals surface area contributed by atoms with Crippen molar-refractivity contribution in [3.63, 3.8) is 0 Å². The molecule has 2 heterocycles. The smallest absolute Gasteiger partial charge is 0.147 e. The van der Waals surface area contributed by atoms with Crippen molar-refractivity contribution in [1.29, 1.82) is 0 Å². The van der Waals surface area contributed by atoms with E-state index in [0.717, 1.165) is 31.6 Å². The maximum Gasteiger partial charge on any atom is 0.147 e. The fourth-order valence-electron chi connectivity index (χ4n) is 2.02. The molecule has 0 saturated carbocycles. The Morgan fingerprint density at radius 3 is 3.00 bits per heavy atom. The Morgan fingerprint density at radius 1 is 1.50 bits per heavy atom. The van der Waals surface area contributed by atoms with Gasteiger partial charge in [0.2, 0.25) is 0 Å². The van der Waals surface area contributed by atoms with Gasteiger partial charge in [0.1, 0.15) is 5.15 Å². The maximum atomic E-state index is 9.06. The molecule has 1 aliphatic rings. The molecule has 16 heavy (non-hydrogen) atoms. The summed E-state index contributed by atoms with van der Waals surface area (Å²) in [6.07, 6.45) is 2.72. The molecule has 1 aliphatic heterocycles. The molecule has 1 atom stereocenters. The minimum absolute atomic E-state index is 0.265. The van der Waals surface area contributed by atoms with Crippen molar-refractivity contribution in [3.05, 3.63) is 28.0 Å². The summed E-state index contributed by atoms with van der Waals surface area (Å²) in [5, 5.41) is 9.96. The summed E-state index contributed by atoms with van der Waals surface area (Å²) in [5.41, 5.74) is 1.00. The van der Waals surface area contributed by atoms with Gasteiger partial charge in [0.05, 0.1) is 5.02 Å². The zero-order chi connectivity index (χ0) is 11.5. The lowest BCUT2D eigenvalue weighted by Gasteiger charge is -2.16. The Hall–Kier alpha value is -0.350. The summed E-state index contributed by atoms with van der Waals surface area (Å²) in [4.78, 5) is 6.20. The van der Waals surface area contributed by atoms with Crippen LogP contribution in [-0.2, 0) is 6.54 Å². The van der Waals surface area contributed by atoms with E-state index in [9.17, 15) is 0 Å². The molecule has 0 bridgehead atoms. The highest BCUT2D eigenvalue weighted by molar-refractivity contribution is 6.41. The minimum Gasteiger partial charge on any atom is -0.396 e. The zero-order valence-corrected chi connectivity index (χ0v) is 10.4. The second-order valence-electron chi connectivity index (χ2n) is 4.15. The number of aromatic nitrogens is 1. The highest BCUT2D eigenvalue weighted by atomic mass is 35.5. The highest BCUT2D eigenvalue weighted by Gasteiger charge is 2.22. The van der Waals surface area contributed by atoms with E-state index < -0.39 is 0 Å². The van der Waals surface area contributed by atoms with Gasteiger partial charge in [0, 0.05) is 25.9 Å². The molecule has 2 rings (SSSR count). The normalized spacial score (nSPS) is 21.6. The fourth-order valence-corrected chi connectivity index (χ4v) is 2.37. The van der Waals surface area contributed by atoms with Crippen LogP contribution in [0.4, 0.5) is 0 Å². The zero-order valence-electron chi connectivity index (χ0n) is 8.87. The number of nitrogens with zero attached hydrogens (tertiary/aromatic N) is 2. The molecular weight excluding hydrogens is 247 g/mol. The molecule has 5 heteroatoms. The van der Waals surface area contributed by atoms with E-state index >= 15 is 0 Å². The molecule has 0 amide bonds. The molecule has 0 aromatic carbocycles. The predicted molar refractivity (Wildman–Crippen MR) is 64.7 cm³/mol. The predicted octanol–water partition coefficient (Wildman–Crippen LogP) is 2.20. The number of aliphatic hydroxyl groups is 1. The molecule has 1 fully saturated rings. The average molecular weight is 261 g/mol. The number of aliphatic hydroxyl groups excluding tert-OH is 1. The van der Waals surface area contributed by atoms with Gasteiger partial charge in [-0.05, 0) is 30.5 Å². The van der Waals surface area contributed by atoms with E-state index in [1.54, 1.807) is 6.20 Å². The van der Waals surface area contributed by atoms with Crippen LogP contribution in [-0.4, -0.2) is 34.7 Å². The van der Waals surface area contributed by atoms with Crippen molar-refractivity contribution in [2.75, 3.05) is 19.7 Å². The Balaban J connectivity index is 2.02. The van der Waals surface area contributed by atoms with Gasteiger partial charge in [-0.3, -0.25) is 4.90 Å². The summed E-state index contributed by atoms with van der Waals surface area (Å²) in [7, 11) is 0. The van der Waals surface area contributed by atoms with Crippen molar-refractivity contribution in [3.8, 4) is 0 Å². The van der Waals surface area contributed by atoms with E-state index in [0.29, 0.717) is 16.1 Å². The largest absolute Gasteiger partial charge is 0.396 e. The third kappa shape index (κ3) is 2.66. The number of hydrogen-bond acceptors (Lipinski definition) is 3. The Morgan fingerprint density at radius 2 is 2.31 bits per heavy atom. The summed E-state index contributed by atoms with van der Waals surface area (Å²) < 4.78 is 0. The first-order valence-corrected chi connectivity index (χ1v) is 6.08. The average Bonchev–Trinajstić information content (AvgIpc) is 2.73. The lowest BCUT2D eigenvalue weighted by Crippen LogP contribution is -2.21. The van der Waals surface area contributed by atoms with Gasteiger partial charge in [-0.25, -0.2) is 4.98 Å². The van der Waals surface area contributed by atoms with Crippen molar-refractivity contribution in [2.45, 2.75) is 13.0 Å². The van der Waals surface area contributed by atoms with Crippen LogP contribution in [0.15, 0.2) is 12.3 Å². The molecule has 0 spiro atoms. The van der Waals surface area contributed by atoms with E-state index in [-0.39, 0.29) is 6.61 Å². The van der Waals surface area contributed by atoms with E-state index in [4.69, 9.17) is 28.3 Å². The maximum absolute atomic E-state index is 9.06. The van der Waals surface area contributed by atoms with Gasteiger partial charge >= 0.3 is 0 Å². The van der Waals surface area contributed by atoms with Crippen LogP contribution in [0.5, 0.6) is 0 Å². The molecule has 0 radical (unpaired) electrons. The Labute approximate surface area is 105 Å². The van der Waals surface area contributed by atoms with Gasteiger partial charge in [-0.1, -0.05) is 23.2 Å². The van der Waals surface area contributed by atoms with Crippen LogP contribution in [0.1, 0.15) is 12.0 Å². The van der Waals surface area contributed by atoms with E-state index in [1.807, 2.05) is 6.07 Å². The second kappa shape index (κ2) is 5.32. The van der Waals surface area contributed by atoms with E-state index in [2.05, 4.69) is 9.88 Å². The molecule has 88 valence electrons. The summed E-state index contributed by atoms with van der Waals surface area (Å²) in [6, 6.07) is 1.89. The van der Waals surface area contributed by atoms with Gasteiger partial charge < -0.3 is 5.11 Å². The monoisotopic (exact) mass is 260 g/mol. The quantitative estimate of drug-likeness (QED) is 0.847. The van der Waals surface area contributed by atoms with Gasteiger partial charge in [0.15, 0.2) is 0 Å². The minimum atomic E-state index is 0.265. The first kappa shape index (κ1) is 12.1. The topological polar surface area (TPSA) is 36.4 Å². The molecule has 0 aliphatic carbocycles. The molecule has 1 N–H and O–H groups in total. The standard InChI is InChI=1S/C11H14Cl2N2O/c12-10-9(1-3-14-11(10)13)6-15-4-2-8(5-15)7-16/h1,3,8,16H,2,4-7H2/t8-/m0/s1. The van der Waals surface area contributed by atoms with Crippen molar-refractivity contribution >= 4 is 23.2 Å². The lowest BCUT2D eigenvalue weighted by molar-refractivity contribution is 0.220. The number of likely N-dealkylation sites (tertiary alicyclic amines) is 1. The first-order valence-electron chi connectivity index (χ1n) is 5.32. The van der Waals surface area contributed by atoms with Gasteiger partial charge in [0.25, 0.3) is 0 Å². The van der Waals surface area contributed by atoms with Crippen molar-refractivity contribution < 1.29 is 5.11 Å².